The van der Waals surface area contributed by atoms with Crippen LogP contribution in [0.2, 0.25) is 5.02 Å². The first-order valence-electron chi connectivity index (χ1n) is 4.82. The summed E-state index contributed by atoms with van der Waals surface area (Å²) in [5.41, 5.74) is 0.672. The van der Waals surface area contributed by atoms with Gasteiger partial charge in [0, 0.05) is 6.42 Å². The smallest absolute Gasteiger partial charge is 0.142 e. The quantitative estimate of drug-likeness (QED) is 0.893. The molecule has 0 saturated carbocycles. The minimum absolute atomic E-state index is 0.0799. The Kier molecular flexibility index (Phi) is 3.27. The lowest BCUT2D eigenvalue weighted by Crippen LogP contribution is -2.00. The molecule has 0 aliphatic rings. The van der Waals surface area contributed by atoms with E-state index in [4.69, 9.17) is 16.0 Å². The summed E-state index contributed by atoms with van der Waals surface area (Å²) in [4.78, 5) is 0. The van der Waals surface area contributed by atoms with Crippen LogP contribution in [-0.4, -0.2) is 5.11 Å². The van der Waals surface area contributed by atoms with E-state index in [2.05, 4.69) is 0 Å². The number of hydrogen-bond acceptors (Lipinski definition) is 2. The summed E-state index contributed by atoms with van der Waals surface area (Å²) >= 11 is 5.56. The molecule has 0 radical (unpaired) electrons. The second-order valence-corrected chi connectivity index (χ2v) is 3.89. The van der Waals surface area contributed by atoms with Crippen LogP contribution < -0.4 is 0 Å². The van der Waals surface area contributed by atoms with E-state index in [9.17, 15) is 9.50 Å². The Morgan fingerprint density at radius 2 is 2.19 bits per heavy atom. The van der Waals surface area contributed by atoms with Gasteiger partial charge in [-0.05, 0) is 29.8 Å². The topological polar surface area (TPSA) is 33.4 Å². The molecule has 1 aromatic carbocycles. The number of rotatable bonds is 3. The van der Waals surface area contributed by atoms with Crippen molar-refractivity contribution in [3.8, 4) is 0 Å². The molecule has 0 bridgehead atoms. The van der Waals surface area contributed by atoms with Crippen LogP contribution in [0.3, 0.4) is 0 Å². The van der Waals surface area contributed by atoms with Crippen LogP contribution in [0.5, 0.6) is 0 Å². The fourth-order valence-electron chi connectivity index (χ4n) is 1.47. The van der Waals surface area contributed by atoms with Crippen molar-refractivity contribution >= 4 is 11.6 Å². The molecule has 4 heteroatoms. The first kappa shape index (κ1) is 11.2. The lowest BCUT2D eigenvalue weighted by molar-refractivity contribution is 0.150. The zero-order chi connectivity index (χ0) is 11.5. The number of aliphatic hydroxyl groups excluding tert-OH is 1. The molecule has 1 atom stereocenters. The number of halogens is 2. The van der Waals surface area contributed by atoms with Crippen LogP contribution >= 0.6 is 11.6 Å². The zero-order valence-corrected chi connectivity index (χ0v) is 9.12. The van der Waals surface area contributed by atoms with Crippen molar-refractivity contribution in [2.45, 2.75) is 12.5 Å². The van der Waals surface area contributed by atoms with E-state index < -0.39 is 11.9 Å². The molecule has 2 aromatic rings. The average Bonchev–Trinajstić information content (AvgIpc) is 2.77. The van der Waals surface area contributed by atoms with Gasteiger partial charge in [-0.3, -0.25) is 0 Å². The molecule has 1 unspecified atom stereocenters. The molecule has 1 N–H and O–H groups in total. The van der Waals surface area contributed by atoms with Gasteiger partial charge in [0.1, 0.15) is 17.7 Å². The standard InChI is InChI=1S/C12H10ClFO2/c13-9-4-3-8(6-10(9)14)7-11(15)12-2-1-5-16-12/h1-6,11,15H,7H2. The monoisotopic (exact) mass is 240 g/mol. The first-order valence-corrected chi connectivity index (χ1v) is 5.20. The third-order valence-corrected chi connectivity index (χ3v) is 2.59. The van der Waals surface area contributed by atoms with Crippen molar-refractivity contribution < 1.29 is 13.9 Å². The molecule has 2 rings (SSSR count). The maximum atomic E-state index is 13.1. The van der Waals surface area contributed by atoms with E-state index in [1.807, 2.05) is 0 Å². The van der Waals surface area contributed by atoms with Crippen molar-refractivity contribution in [2.75, 3.05) is 0 Å². The second kappa shape index (κ2) is 4.68. The predicted molar refractivity (Wildman–Crippen MR) is 58.8 cm³/mol. The molecule has 1 heterocycles. The van der Waals surface area contributed by atoms with E-state index in [-0.39, 0.29) is 5.02 Å². The van der Waals surface area contributed by atoms with Crippen LogP contribution in [0, 0.1) is 5.82 Å². The minimum Gasteiger partial charge on any atom is -0.467 e. The van der Waals surface area contributed by atoms with Crippen molar-refractivity contribution in [1.29, 1.82) is 0 Å². The fourth-order valence-corrected chi connectivity index (χ4v) is 1.59. The molecule has 0 amide bonds. The summed E-state index contributed by atoms with van der Waals surface area (Å²) in [7, 11) is 0. The van der Waals surface area contributed by atoms with Gasteiger partial charge in [0.25, 0.3) is 0 Å². The molecular formula is C12H10ClFO2. The zero-order valence-electron chi connectivity index (χ0n) is 8.36. The van der Waals surface area contributed by atoms with Gasteiger partial charge in [-0.25, -0.2) is 4.39 Å². The van der Waals surface area contributed by atoms with Gasteiger partial charge in [-0.15, -0.1) is 0 Å². The average molecular weight is 241 g/mol. The highest BCUT2D eigenvalue weighted by molar-refractivity contribution is 6.30. The van der Waals surface area contributed by atoms with E-state index in [0.717, 1.165) is 0 Å². The lowest BCUT2D eigenvalue weighted by Gasteiger charge is -2.08. The van der Waals surface area contributed by atoms with Gasteiger partial charge in [-0.2, -0.15) is 0 Å². The number of furan rings is 1. The SMILES string of the molecule is OC(Cc1ccc(Cl)c(F)c1)c1ccco1. The van der Waals surface area contributed by atoms with Crippen LogP contribution in [-0.2, 0) is 6.42 Å². The van der Waals surface area contributed by atoms with Crippen LogP contribution in [0.1, 0.15) is 17.4 Å². The highest BCUT2D eigenvalue weighted by atomic mass is 35.5. The summed E-state index contributed by atoms with van der Waals surface area (Å²) in [6.45, 7) is 0. The Labute approximate surface area is 97.3 Å². The van der Waals surface area contributed by atoms with Gasteiger partial charge in [0.05, 0.1) is 11.3 Å². The highest BCUT2D eigenvalue weighted by Gasteiger charge is 2.12. The summed E-state index contributed by atoms with van der Waals surface area (Å²) < 4.78 is 18.2. The summed E-state index contributed by atoms with van der Waals surface area (Å²) in [5, 5.41) is 9.85. The van der Waals surface area contributed by atoms with Crippen molar-refractivity contribution in [2.24, 2.45) is 0 Å². The number of benzene rings is 1. The maximum absolute atomic E-state index is 13.1. The highest BCUT2D eigenvalue weighted by Crippen LogP contribution is 2.21. The molecule has 16 heavy (non-hydrogen) atoms. The number of hydrogen-bond donors (Lipinski definition) is 1. The molecule has 2 nitrogen and oxygen atoms in total. The normalized spacial score (nSPS) is 12.7. The third kappa shape index (κ3) is 2.43. The van der Waals surface area contributed by atoms with Crippen LogP contribution in [0.15, 0.2) is 41.0 Å². The Balaban J connectivity index is 2.12. The lowest BCUT2D eigenvalue weighted by atomic mass is 10.1. The van der Waals surface area contributed by atoms with Crippen molar-refractivity contribution in [3.63, 3.8) is 0 Å². The summed E-state index contributed by atoms with van der Waals surface area (Å²) in [6.07, 6.45) is 1.01. The Hall–Kier alpha value is -1.32. The Bertz CT molecular complexity index is 468. The molecule has 0 fully saturated rings. The molecule has 1 aromatic heterocycles. The first-order chi connectivity index (χ1) is 7.66. The van der Waals surface area contributed by atoms with Crippen molar-refractivity contribution in [1.82, 2.24) is 0 Å². The van der Waals surface area contributed by atoms with E-state index in [1.165, 1.54) is 18.4 Å². The Morgan fingerprint density at radius 1 is 1.38 bits per heavy atom. The minimum atomic E-state index is -0.768. The predicted octanol–water partition coefficient (Wildman–Crippen LogP) is 3.35. The van der Waals surface area contributed by atoms with Gasteiger partial charge >= 0.3 is 0 Å². The third-order valence-electron chi connectivity index (χ3n) is 2.28. The molecule has 0 aliphatic carbocycles. The van der Waals surface area contributed by atoms with Gasteiger partial charge in [0.2, 0.25) is 0 Å². The summed E-state index contributed by atoms with van der Waals surface area (Å²) in [5.74, 6) is -0.0128. The van der Waals surface area contributed by atoms with Crippen LogP contribution in [0.4, 0.5) is 4.39 Å². The molecule has 84 valence electrons. The van der Waals surface area contributed by atoms with Gasteiger partial charge in [-0.1, -0.05) is 17.7 Å². The van der Waals surface area contributed by atoms with Gasteiger partial charge < -0.3 is 9.52 Å². The van der Waals surface area contributed by atoms with E-state index in [0.29, 0.717) is 17.7 Å². The molecule has 0 saturated heterocycles. The van der Waals surface area contributed by atoms with Crippen LogP contribution in [0.25, 0.3) is 0 Å². The maximum Gasteiger partial charge on any atom is 0.142 e. The largest absolute Gasteiger partial charge is 0.467 e. The van der Waals surface area contributed by atoms with Gasteiger partial charge in [0.15, 0.2) is 0 Å². The van der Waals surface area contributed by atoms with E-state index in [1.54, 1.807) is 18.2 Å². The molecule has 0 spiro atoms. The fraction of sp³-hybridized carbons (Fsp3) is 0.167. The summed E-state index contributed by atoms with van der Waals surface area (Å²) in [6, 6.07) is 7.84. The molecule has 0 aliphatic heterocycles. The van der Waals surface area contributed by atoms with Crippen molar-refractivity contribution in [3.05, 3.63) is 58.8 Å². The molecular weight excluding hydrogens is 231 g/mol. The Morgan fingerprint density at radius 3 is 2.81 bits per heavy atom. The number of aliphatic hydroxyl groups is 1. The van der Waals surface area contributed by atoms with E-state index >= 15 is 0 Å². The second-order valence-electron chi connectivity index (χ2n) is 3.48.